The van der Waals surface area contributed by atoms with Crippen LogP contribution in [0.5, 0.6) is 0 Å². The maximum Gasteiger partial charge on any atom is 0.127 e. The van der Waals surface area contributed by atoms with Crippen LogP contribution in [0.1, 0.15) is 27.7 Å². The highest BCUT2D eigenvalue weighted by Gasteiger charge is 2.35. The molecular formula is C9H20OSi. The highest BCUT2D eigenvalue weighted by atomic mass is 28.3. The van der Waals surface area contributed by atoms with Crippen molar-refractivity contribution in [1.29, 1.82) is 0 Å². The Bertz CT molecular complexity index is 153. The zero-order chi connectivity index (χ0) is 9.28. The van der Waals surface area contributed by atoms with Gasteiger partial charge in [0.25, 0.3) is 0 Å². The molecular weight excluding hydrogens is 152 g/mol. The molecule has 0 aliphatic carbocycles. The van der Waals surface area contributed by atoms with E-state index in [9.17, 15) is 4.79 Å². The standard InChI is InChI=1S/C9H20OSi/c1-8(10)7-11(5,6)9(2,3)4/h7H2,1-6H3. The minimum absolute atomic E-state index is 0.344. The molecule has 0 aromatic rings. The summed E-state index contributed by atoms with van der Waals surface area (Å²) >= 11 is 0. The van der Waals surface area contributed by atoms with Crippen LogP contribution in [0.4, 0.5) is 0 Å². The molecule has 0 radical (unpaired) electrons. The third kappa shape index (κ3) is 3.19. The lowest BCUT2D eigenvalue weighted by atomic mass is 10.2. The van der Waals surface area contributed by atoms with E-state index in [1.807, 2.05) is 0 Å². The first-order valence-corrected chi connectivity index (χ1v) is 7.37. The van der Waals surface area contributed by atoms with Crippen molar-refractivity contribution in [2.75, 3.05) is 0 Å². The molecule has 0 aromatic carbocycles. The largest absolute Gasteiger partial charge is 0.300 e. The monoisotopic (exact) mass is 172 g/mol. The summed E-state index contributed by atoms with van der Waals surface area (Å²) in [4.78, 5) is 10.9. The zero-order valence-electron chi connectivity index (χ0n) is 8.62. The van der Waals surface area contributed by atoms with Gasteiger partial charge in [-0.05, 0) is 12.0 Å². The molecule has 0 saturated heterocycles. The Labute approximate surface area is 71.2 Å². The van der Waals surface area contributed by atoms with Crippen molar-refractivity contribution in [3.8, 4) is 0 Å². The third-order valence-corrected chi connectivity index (χ3v) is 8.16. The van der Waals surface area contributed by atoms with E-state index >= 15 is 0 Å². The molecule has 2 heteroatoms. The van der Waals surface area contributed by atoms with Gasteiger partial charge < -0.3 is 4.79 Å². The van der Waals surface area contributed by atoms with E-state index in [2.05, 4.69) is 33.9 Å². The normalized spacial score (nSPS) is 13.3. The molecule has 0 atom stereocenters. The molecule has 0 heterocycles. The van der Waals surface area contributed by atoms with Crippen LogP contribution in [0.25, 0.3) is 0 Å². The SMILES string of the molecule is CC(=O)C[Si](C)(C)C(C)(C)C. The lowest BCUT2D eigenvalue weighted by molar-refractivity contribution is -0.115. The molecule has 0 rings (SSSR count). The van der Waals surface area contributed by atoms with Crippen molar-refractivity contribution in [1.82, 2.24) is 0 Å². The molecule has 66 valence electrons. The predicted octanol–water partition coefficient (Wildman–Crippen LogP) is 3.08. The predicted molar refractivity (Wildman–Crippen MR) is 52.7 cm³/mol. The maximum absolute atomic E-state index is 10.9. The number of carbonyl (C=O) groups excluding carboxylic acids is 1. The van der Waals surface area contributed by atoms with E-state index in [0.29, 0.717) is 10.8 Å². The molecule has 0 fully saturated rings. The number of hydrogen-bond acceptors (Lipinski definition) is 1. The van der Waals surface area contributed by atoms with E-state index in [1.165, 1.54) is 0 Å². The van der Waals surface area contributed by atoms with Crippen LogP contribution in [0, 0.1) is 0 Å². The van der Waals surface area contributed by atoms with Gasteiger partial charge in [0.2, 0.25) is 0 Å². The fraction of sp³-hybridized carbons (Fsp3) is 0.889. The number of hydrogen-bond donors (Lipinski definition) is 0. The summed E-state index contributed by atoms with van der Waals surface area (Å²) in [6.45, 7) is 13.0. The quantitative estimate of drug-likeness (QED) is 0.585. The minimum atomic E-state index is -1.32. The fourth-order valence-electron chi connectivity index (χ4n) is 0.888. The topological polar surface area (TPSA) is 17.1 Å². The summed E-state index contributed by atoms with van der Waals surface area (Å²) in [5.74, 6) is 0.344. The van der Waals surface area contributed by atoms with Gasteiger partial charge in [-0.1, -0.05) is 33.9 Å². The van der Waals surface area contributed by atoms with Gasteiger partial charge in [-0.25, -0.2) is 0 Å². The Balaban J connectivity index is 4.34. The van der Waals surface area contributed by atoms with Gasteiger partial charge in [-0.3, -0.25) is 0 Å². The third-order valence-electron chi connectivity index (χ3n) is 2.72. The lowest BCUT2D eigenvalue weighted by Gasteiger charge is -2.36. The highest BCUT2D eigenvalue weighted by Crippen LogP contribution is 2.38. The van der Waals surface area contributed by atoms with E-state index in [1.54, 1.807) is 6.92 Å². The van der Waals surface area contributed by atoms with Crippen LogP contribution in [0.3, 0.4) is 0 Å². The van der Waals surface area contributed by atoms with Crippen molar-refractivity contribution in [3.63, 3.8) is 0 Å². The molecule has 0 aliphatic rings. The Morgan fingerprint density at radius 1 is 1.27 bits per heavy atom. The number of Topliss-reactive ketones (excluding diaryl/α,β-unsaturated/α-hetero) is 1. The second kappa shape index (κ2) is 3.09. The highest BCUT2D eigenvalue weighted by molar-refractivity contribution is 6.82. The first-order valence-electron chi connectivity index (χ1n) is 4.16. The van der Waals surface area contributed by atoms with Crippen LogP contribution in [0.15, 0.2) is 0 Å². The fourth-order valence-corrected chi connectivity index (χ4v) is 2.66. The van der Waals surface area contributed by atoms with Crippen LogP contribution in [-0.2, 0) is 4.79 Å². The molecule has 0 aliphatic heterocycles. The number of rotatable bonds is 2. The minimum Gasteiger partial charge on any atom is -0.300 e. The van der Waals surface area contributed by atoms with Gasteiger partial charge in [0.1, 0.15) is 5.78 Å². The molecule has 0 N–H and O–H groups in total. The van der Waals surface area contributed by atoms with Crippen LogP contribution >= 0.6 is 0 Å². The van der Waals surface area contributed by atoms with Crippen molar-refractivity contribution in [2.45, 2.75) is 51.9 Å². The molecule has 0 spiro atoms. The first kappa shape index (κ1) is 10.9. The van der Waals surface area contributed by atoms with E-state index in [4.69, 9.17) is 0 Å². The smallest absolute Gasteiger partial charge is 0.127 e. The average Bonchev–Trinajstić information content (AvgIpc) is 1.56. The van der Waals surface area contributed by atoms with Crippen LogP contribution in [0.2, 0.25) is 24.2 Å². The van der Waals surface area contributed by atoms with E-state index in [0.717, 1.165) is 6.04 Å². The molecule has 1 nitrogen and oxygen atoms in total. The molecule has 0 saturated carbocycles. The summed E-state index contributed by atoms with van der Waals surface area (Å²) in [5, 5.41) is 0.346. The van der Waals surface area contributed by atoms with Gasteiger partial charge >= 0.3 is 0 Å². The number of carbonyl (C=O) groups is 1. The van der Waals surface area contributed by atoms with Crippen molar-refractivity contribution < 1.29 is 4.79 Å². The van der Waals surface area contributed by atoms with E-state index < -0.39 is 8.07 Å². The summed E-state index contributed by atoms with van der Waals surface area (Å²) in [6.07, 6.45) is 0. The molecule has 0 unspecified atom stereocenters. The summed E-state index contributed by atoms with van der Waals surface area (Å²) in [7, 11) is -1.32. The van der Waals surface area contributed by atoms with Crippen molar-refractivity contribution >= 4 is 13.9 Å². The molecule has 11 heavy (non-hydrogen) atoms. The maximum atomic E-state index is 10.9. The first-order chi connectivity index (χ1) is 4.67. The summed E-state index contributed by atoms with van der Waals surface area (Å²) < 4.78 is 0. The van der Waals surface area contributed by atoms with Crippen LogP contribution in [-0.4, -0.2) is 13.9 Å². The van der Waals surface area contributed by atoms with Gasteiger partial charge in [-0.15, -0.1) is 0 Å². The van der Waals surface area contributed by atoms with E-state index in [-0.39, 0.29) is 0 Å². The average molecular weight is 172 g/mol. The summed E-state index contributed by atoms with van der Waals surface area (Å²) in [6, 6.07) is 0.816. The van der Waals surface area contributed by atoms with Gasteiger partial charge in [0, 0.05) is 6.04 Å². The Morgan fingerprint density at radius 2 is 1.64 bits per heavy atom. The van der Waals surface area contributed by atoms with Crippen LogP contribution < -0.4 is 0 Å². The van der Waals surface area contributed by atoms with Crippen molar-refractivity contribution in [3.05, 3.63) is 0 Å². The Kier molecular flexibility index (Phi) is 3.06. The molecule has 0 aromatic heterocycles. The Hall–Kier alpha value is -0.113. The van der Waals surface area contributed by atoms with Gasteiger partial charge in [0.15, 0.2) is 0 Å². The zero-order valence-corrected chi connectivity index (χ0v) is 9.62. The molecule has 0 bridgehead atoms. The number of ketones is 1. The van der Waals surface area contributed by atoms with Gasteiger partial charge in [-0.2, -0.15) is 0 Å². The lowest BCUT2D eigenvalue weighted by Crippen LogP contribution is -2.38. The molecule has 0 amide bonds. The van der Waals surface area contributed by atoms with Gasteiger partial charge in [0.05, 0.1) is 8.07 Å². The van der Waals surface area contributed by atoms with Crippen molar-refractivity contribution in [2.24, 2.45) is 0 Å². The summed E-state index contributed by atoms with van der Waals surface area (Å²) in [5.41, 5.74) is 0. The second-order valence-electron chi connectivity index (χ2n) is 5.01. The Morgan fingerprint density at radius 3 is 1.73 bits per heavy atom. The second-order valence-corrected chi connectivity index (χ2v) is 10.6.